The molecule has 0 heterocycles. The number of hydrogen-bond acceptors (Lipinski definition) is 7. The molecule has 2 aromatic carbocycles. The smallest absolute Gasteiger partial charge is 0.273 e. The first kappa shape index (κ1) is 23.7. The van der Waals surface area contributed by atoms with E-state index in [1.165, 1.54) is 32.4 Å². The second kappa shape index (κ2) is 11.5. The van der Waals surface area contributed by atoms with Gasteiger partial charge in [0.25, 0.3) is 11.8 Å². The van der Waals surface area contributed by atoms with Gasteiger partial charge in [-0.1, -0.05) is 0 Å². The summed E-state index contributed by atoms with van der Waals surface area (Å²) in [5.74, 6) is 0.873. The van der Waals surface area contributed by atoms with Gasteiger partial charge in [0, 0.05) is 5.56 Å². The highest BCUT2D eigenvalue weighted by Crippen LogP contribution is 2.39. The van der Waals surface area contributed by atoms with Crippen LogP contribution in [0.1, 0.15) is 41.5 Å². The summed E-state index contributed by atoms with van der Waals surface area (Å²) in [5, 5.41) is 0. The Bertz CT molecular complexity index is 888. The van der Waals surface area contributed by atoms with Crippen LogP contribution < -0.4 is 34.5 Å². The number of benzene rings is 2. The Morgan fingerprint density at radius 1 is 0.742 bits per heavy atom. The molecular weight excluding hydrogens is 404 g/mol. The van der Waals surface area contributed by atoms with Crippen LogP contribution in [0.4, 0.5) is 0 Å². The Kier molecular flexibility index (Phi) is 8.80. The van der Waals surface area contributed by atoms with Crippen LogP contribution in [0.25, 0.3) is 0 Å². The zero-order chi connectivity index (χ0) is 22.8. The van der Waals surface area contributed by atoms with Crippen molar-refractivity contribution in [2.45, 2.75) is 20.8 Å². The van der Waals surface area contributed by atoms with Gasteiger partial charge in [-0.2, -0.15) is 0 Å². The lowest BCUT2D eigenvalue weighted by Crippen LogP contribution is -2.41. The monoisotopic (exact) mass is 432 g/mol. The van der Waals surface area contributed by atoms with Gasteiger partial charge in [-0.05, 0) is 51.1 Å². The molecule has 0 aliphatic rings. The minimum absolute atomic E-state index is 0.207. The predicted octanol–water partition coefficient (Wildman–Crippen LogP) is 2.97. The van der Waals surface area contributed by atoms with Crippen LogP contribution in [0.15, 0.2) is 30.3 Å². The highest BCUT2D eigenvalue weighted by molar-refractivity contribution is 6.01. The molecule has 0 radical (unpaired) electrons. The molecule has 2 amide bonds. The number of carbonyl (C=O) groups is 2. The van der Waals surface area contributed by atoms with Gasteiger partial charge < -0.3 is 23.7 Å². The third kappa shape index (κ3) is 5.94. The lowest BCUT2D eigenvalue weighted by molar-refractivity contribution is 0.0844. The number of methoxy groups -OCH3 is 2. The summed E-state index contributed by atoms with van der Waals surface area (Å²) in [6.07, 6.45) is 0. The van der Waals surface area contributed by atoms with Crippen molar-refractivity contribution in [3.8, 4) is 28.7 Å². The summed E-state index contributed by atoms with van der Waals surface area (Å²) in [6, 6.07) is 7.84. The number of amides is 2. The maximum absolute atomic E-state index is 12.7. The molecular formula is C22H28N2O7. The number of rotatable bonds is 10. The van der Waals surface area contributed by atoms with E-state index in [9.17, 15) is 9.59 Å². The average molecular weight is 432 g/mol. The summed E-state index contributed by atoms with van der Waals surface area (Å²) in [4.78, 5) is 25.3. The minimum atomic E-state index is -0.565. The molecule has 0 fully saturated rings. The van der Waals surface area contributed by atoms with Crippen molar-refractivity contribution in [1.82, 2.24) is 10.9 Å². The van der Waals surface area contributed by atoms with Crippen LogP contribution in [0.3, 0.4) is 0 Å². The van der Waals surface area contributed by atoms with Gasteiger partial charge in [0.2, 0.25) is 5.75 Å². The fourth-order valence-electron chi connectivity index (χ4n) is 2.76. The van der Waals surface area contributed by atoms with Crippen LogP contribution in [-0.2, 0) is 0 Å². The highest BCUT2D eigenvalue weighted by atomic mass is 16.5. The molecule has 0 aliphatic carbocycles. The third-order valence-corrected chi connectivity index (χ3v) is 4.11. The fraction of sp³-hybridized carbons (Fsp3) is 0.364. The molecule has 9 nitrogen and oxygen atoms in total. The molecule has 0 atom stereocenters. The fourth-order valence-corrected chi connectivity index (χ4v) is 2.76. The predicted molar refractivity (Wildman–Crippen MR) is 114 cm³/mol. The SMILES string of the molecule is CCOc1cc(C(=O)NNC(=O)c2cc(OC)ccc2OC)cc(OCC)c1OCC. The summed E-state index contributed by atoms with van der Waals surface area (Å²) >= 11 is 0. The molecule has 9 heteroatoms. The topological polar surface area (TPSA) is 104 Å². The zero-order valence-electron chi connectivity index (χ0n) is 18.4. The number of ether oxygens (including phenoxy) is 5. The third-order valence-electron chi connectivity index (χ3n) is 4.11. The summed E-state index contributed by atoms with van der Waals surface area (Å²) < 4.78 is 27.2. The Morgan fingerprint density at radius 3 is 1.84 bits per heavy atom. The first-order valence-electron chi connectivity index (χ1n) is 9.88. The second-order valence-electron chi connectivity index (χ2n) is 6.08. The summed E-state index contributed by atoms with van der Waals surface area (Å²) in [6.45, 7) is 6.65. The van der Waals surface area contributed by atoms with Crippen LogP contribution in [0.2, 0.25) is 0 Å². The van der Waals surface area contributed by atoms with E-state index in [1.807, 2.05) is 20.8 Å². The average Bonchev–Trinajstić information content (AvgIpc) is 2.78. The normalized spacial score (nSPS) is 10.1. The molecule has 168 valence electrons. The summed E-state index contributed by atoms with van der Waals surface area (Å²) in [5.41, 5.74) is 5.21. The molecule has 31 heavy (non-hydrogen) atoms. The minimum Gasteiger partial charge on any atom is -0.497 e. The number of hydrazine groups is 1. The standard InChI is InChI=1S/C22H28N2O7/c1-6-29-18-11-14(12-19(30-7-2)20(18)31-8-3)21(25)23-24-22(26)16-13-15(27-4)9-10-17(16)28-5/h9-13H,6-8H2,1-5H3,(H,23,25)(H,24,26). The quantitative estimate of drug-likeness (QED) is 0.556. The van der Waals surface area contributed by atoms with E-state index < -0.39 is 11.8 Å². The lowest BCUT2D eigenvalue weighted by Gasteiger charge is -2.17. The molecule has 0 bridgehead atoms. The Morgan fingerprint density at radius 2 is 1.32 bits per heavy atom. The van der Waals surface area contributed by atoms with Gasteiger partial charge in [-0.15, -0.1) is 0 Å². The van der Waals surface area contributed by atoms with E-state index in [0.717, 1.165) is 0 Å². The van der Waals surface area contributed by atoms with Crippen molar-refractivity contribution in [3.05, 3.63) is 41.5 Å². The maximum Gasteiger partial charge on any atom is 0.273 e. The van der Waals surface area contributed by atoms with E-state index in [1.54, 1.807) is 12.1 Å². The first-order valence-corrected chi connectivity index (χ1v) is 9.88. The van der Waals surface area contributed by atoms with Gasteiger partial charge in [-0.3, -0.25) is 20.4 Å². The van der Waals surface area contributed by atoms with Crippen LogP contribution in [0.5, 0.6) is 28.7 Å². The van der Waals surface area contributed by atoms with Gasteiger partial charge in [0.05, 0.1) is 39.6 Å². The van der Waals surface area contributed by atoms with Crippen molar-refractivity contribution >= 4 is 11.8 Å². The van der Waals surface area contributed by atoms with Gasteiger partial charge in [-0.25, -0.2) is 0 Å². The molecule has 0 saturated heterocycles. The Balaban J connectivity index is 2.24. The molecule has 0 aliphatic heterocycles. The van der Waals surface area contributed by atoms with Crippen molar-refractivity contribution < 1.29 is 33.3 Å². The van der Waals surface area contributed by atoms with E-state index >= 15 is 0 Å². The number of hydrogen-bond donors (Lipinski definition) is 2. The van der Waals surface area contributed by atoms with Crippen molar-refractivity contribution in [1.29, 1.82) is 0 Å². The molecule has 2 rings (SSSR count). The van der Waals surface area contributed by atoms with Crippen LogP contribution >= 0.6 is 0 Å². The largest absolute Gasteiger partial charge is 0.497 e. The second-order valence-corrected chi connectivity index (χ2v) is 6.08. The maximum atomic E-state index is 12.7. The zero-order valence-corrected chi connectivity index (χ0v) is 18.4. The number of nitrogens with one attached hydrogen (secondary N) is 2. The van der Waals surface area contributed by atoms with Gasteiger partial charge in [0.1, 0.15) is 11.5 Å². The molecule has 2 N–H and O–H groups in total. The highest BCUT2D eigenvalue weighted by Gasteiger charge is 2.20. The van der Waals surface area contributed by atoms with E-state index in [4.69, 9.17) is 23.7 Å². The van der Waals surface area contributed by atoms with Crippen molar-refractivity contribution in [3.63, 3.8) is 0 Å². The van der Waals surface area contributed by atoms with E-state index in [2.05, 4.69) is 10.9 Å². The summed E-state index contributed by atoms with van der Waals surface area (Å²) in [7, 11) is 2.94. The van der Waals surface area contributed by atoms with Crippen molar-refractivity contribution in [2.75, 3.05) is 34.0 Å². The molecule has 0 unspecified atom stereocenters. The van der Waals surface area contributed by atoms with Gasteiger partial charge in [0.15, 0.2) is 11.5 Å². The van der Waals surface area contributed by atoms with Crippen LogP contribution in [-0.4, -0.2) is 45.9 Å². The first-order chi connectivity index (χ1) is 15.0. The lowest BCUT2D eigenvalue weighted by atomic mass is 10.1. The van der Waals surface area contributed by atoms with E-state index in [0.29, 0.717) is 48.6 Å². The number of carbonyl (C=O) groups excluding carboxylic acids is 2. The van der Waals surface area contributed by atoms with Gasteiger partial charge >= 0.3 is 0 Å². The Hall–Kier alpha value is -3.62. The van der Waals surface area contributed by atoms with Crippen LogP contribution in [0, 0.1) is 0 Å². The molecule has 2 aromatic rings. The van der Waals surface area contributed by atoms with Crippen molar-refractivity contribution in [2.24, 2.45) is 0 Å². The molecule has 0 saturated carbocycles. The molecule has 0 spiro atoms. The molecule has 0 aromatic heterocycles. The van der Waals surface area contributed by atoms with E-state index in [-0.39, 0.29) is 11.1 Å². The Labute approximate surface area is 181 Å².